The average molecular weight is 398 g/mol. The molecule has 1 atom stereocenters. The predicted molar refractivity (Wildman–Crippen MR) is 91.4 cm³/mol. The van der Waals surface area contributed by atoms with Crippen LogP contribution in [0.1, 0.15) is 25.3 Å². The molecule has 150 valence electrons. The van der Waals surface area contributed by atoms with Gasteiger partial charge in [-0.1, -0.05) is 37.3 Å². The van der Waals surface area contributed by atoms with Crippen LogP contribution in [-0.2, 0) is 20.9 Å². The molecule has 0 bridgehead atoms. The molecule has 0 aliphatic rings. The molecule has 0 aromatic heterocycles. The van der Waals surface area contributed by atoms with Crippen molar-refractivity contribution in [3.63, 3.8) is 0 Å². The van der Waals surface area contributed by atoms with Crippen LogP contribution in [0.5, 0.6) is 5.75 Å². The second kappa shape index (κ2) is 9.87. The first kappa shape index (κ1) is 21.4. The van der Waals surface area contributed by atoms with Gasteiger partial charge in [-0.2, -0.15) is 8.78 Å². The maximum atomic E-state index is 13.5. The largest absolute Gasteiger partial charge is 0.480 e. The fourth-order valence-electron chi connectivity index (χ4n) is 2.27. The third kappa shape index (κ3) is 5.80. The molecule has 0 radical (unpaired) electrons. The highest BCUT2D eigenvalue weighted by Gasteiger charge is 2.23. The molecule has 0 amide bonds. The van der Waals surface area contributed by atoms with E-state index in [1.807, 2.05) is 6.07 Å². The Hall–Kier alpha value is -2.90. The summed E-state index contributed by atoms with van der Waals surface area (Å²) in [4.78, 5) is 23.7. The Balaban J connectivity index is 1.79. The number of ether oxygens (including phenoxy) is 2. The number of carbonyl (C=O) groups is 2. The van der Waals surface area contributed by atoms with Crippen molar-refractivity contribution in [2.75, 3.05) is 6.61 Å². The Labute approximate surface area is 159 Å². The summed E-state index contributed by atoms with van der Waals surface area (Å²) in [7, 11) is 0. The topological polar surface area (TPSA) is 52.6 Å². The summed E-state index contributed by atoms with van der Waals surface area (Å²) in [5, 5.41) is 0. The summed E-state index contributed by atoms with van der Waals surface area (Å²) < 4.78 is 62.9. The summed E-state index contributed by atoms with van der Waals surface area (Å²) >= 11 is 0. The van der Waals surface area contributed by atoms with Gasteiger partial charge in [-0.05, 0) is 12.0 Å². The zero-order chi connectivity index (χ0) is 20.7. The highest BCUT2D eigenvalue weighted by atomic mass is 19.2. The number of carbonyl (C=O) groups excluding carboxylic acids is 2. The normalized spacial score (nSPS) is 11.8. The number of benzene rings is 2. The molecule has 2 aromatic rings. The van der Waals surface area contributed by atoms with Crippen LogP contribution in [0.15, 0.2) is 36.4 Å². The summed E-state index contributed by atoms with van der Waals surface area (Å²) in [5.41, 5.74) is 0.819. The van der Waals surface area contributed by atoms with Crippen LogP contribution in [0.2, 0.25) is 0 Å². The van der Waals surface area contributed by atoms with E-state index in [1.165, 1.54) is 6.92 Å². The van der Waals surface area contributed by atoms with Crippen LogP contribution in [0.4, 0.5) is 17.6 Å². The third-order valence-electron chi connectivity index (χ3n) is 4.00. The third-order valence-corrected chi connectivity index (χ3v) is 4.00. The van der Waals surface area contributed by atoms with Gasteiger partial charge in [-0.15, -0.1) is 0 Å². The molecule has 4 nitrogen and oxygen atoms in total. The first-order valence-corrected chi connectivity index (χ1v) is 8.47. The van der Waals surface area contributed by atoms with Crippen LogP contribution in [0, 0.1) is 29.2 Å². The van der Waals surface area contributed by atoms with Gasteiger partial charge in [0.1, 0.15) is 13.2 Å². The summed E-state index contributed by atoms with van der Waals surface area (Å²) in [5.74, 6) is -9.76. The number of hydrogen-bond acceptors (Lipinski definition) is 4. The predicted octanol–water partition coefficient (Wildman–Crippen LogP) is 4.35. The molecule has 0 aliphatic heterocycles. The van der Waals surface area contributed by atoms with E-state index in [0.717, 1.165) is 5.56 Å². The van der Waals surface area contributed by atoms with Gasteiger partial charge in [0, 0.05) is 18.4 Å². The minimum absolute atomic E-state index is 0.0446. The van der Waals surface area contributed by atoms with Crippen molar-refractivity contribution in [1.82, 2.24) is 0 Å². The second-order valence-corrected chi connectivity index (χ2v) is 6.14. The van der Waals surface area contributed by atoms with Crippen LogP contribution in [0.25, 0.3) is 0 Å². The lowest BCUT2D eigenvalue weighted by Crippen LogP contribution is -2.21. The van der Waals surface area contributed by atoms with Crippen molar-refractivity contribution in [3.8, 4) is 5.75 Å². The molecule has 28 heavy (non-hydrogen) atoms. The Bertz CT molecular complexity index is 814. The fraction of sp³-hybridized carbons (Fsp3) is 0.300. The molecule has 8 heteroatoms. The number of hydrogen-bond donors (Lipinski definition) is 0. The van der Waals surface area contributed by atoms with Crippen LogP contribution < -0.4 is 4.74 Å². The van der Waals surface area contributed by atoms with Gasteiger partial charge in [0.05, 0.1) is 0 Å². The molecule has 0 unspecified atom stereocenters. The fourth-order valence-corrected chi connectivity index (χ4v) is 2.27. The van der Waals surface area contributed by atoms with Gasteiger partial charge in [0.15, 0.2) is 23.2 Å². The molecule has 0 heterocycles. The van der Waals surface area contributed by atoms with Crippen molar-refractivity contribution in [3.05, 3.63) is 65.2 Å². The van der Waals surface area contributed by atoms with Crippen molar-refractivity contribution >= 4 is 11.8 Å². The number of rotatable bonds is 9. The van der Waals surface area contributed by atoms with E-state index in [2.05, 4.69) is 4.74 Å². The first-order valence-electron chi connectivity index (χ1n) is 8.47. The van der Waals surface area contributed by atoms with Crippen molar-refractivity contribution < 1.29 is 36.6 Å². The monoisotopic (exact) mass is 398 g/mol. The lowest BCUT2D eigenvalue weighted by atomic mass is 10.0. The van der Waals surface area contributed by atoms with E-state index in [0.29, 0.717) is 0 Å². The second-order valence-electron chi connectivity index (χ2n) is 6.14. The van der Waals surface area contributed by atoms with E-state index in [4.69, 9.17) is 4.74 Å². The van der Waals surface area contributed by atoms with E-state index < -0.39 is 53.3 Å². The van der Waals surface area contributed by atoms with E-state index in [1.54, 1.807) is 24.3 Å². The van der Waals surface area contributed by atoms with Crippen molar-refractivity contribution in [2.24, 2.45) is 5.92 Å². The number of ketones is 1. The zero-order valence-corrected chi connectivity index (χ0v) is 15.0. The number of Topliss-reactive ketones (excluding diaryl/α,β-unsaturated/α-hetero) is 1. The molecule has 0 fully saturated rings. The Morgan fingerprint density at radius 1 is 1.00 bits per heavy atom. The van der Waals surface area contributed by atoms with Crippen LogP contribution in [0.3, 0.4) is 0 Å². The van der Waals surface area contributed by atoms with Gasteiger partial charge in [-0.3, -0.25) is 9.59 Å². The SMILES string of the molecule is C[C@@H](CCC(=O)OCc1ccccc1)C(=O)COc1c(F)c(F)cc(F)c1F. The van der Waals surface area contributed by atoms with Gasteiger partial charge in [0.25, 0.3) is 0 Å². The Morgan fingerprint density at radius 2 is 1.61 bits per heavy atom. The zero-order valence-electron chi connectivity index (χ0n) is 15.0. The standard InChI is InChI=1S/C20H18F4O4/c1-12(7-8-17(26)27-10-13-5-3-2-4-6-13)16(25)11-28-20-18(23)14(21)9-15(22)19(20)24/h2-6,9,12H,7-8,10-11H2,1H3/t12-/m0/s1. The highest BCUT2D eigenvalue weighted by Crippen LogP contribution is 2.26. The van der Waals surface area contributed by atoms with Gasteiger partial charge in [-0.25, -0.2) is 8.78 Å². The Kier molecular flexibility index (Phi) is 7.54. The lowest BCUT2D eigenvalue weighted by molar-refractivity contribution is -0.145. The number of esters is 1. The van der Waals surface area contributed by atoms with E-state index in [9.17, 15) is 27.2 Å². The molecule has 2 aromatic carbocycles. The molecule has 2 rings (SSSR count). The van der Waals surface area contributed by atoms with Crippen LogP contribution in [-0.4, -0.2) is 18.4 Å². The van der Waals surface area contributed by atoms with Gasteiger partial charge in [0.2, 0.25) is 11.6 Å². The first-order chi connectivity index (χ1) is 13.3. The maximum Gasteiger partial charge on any atom is 0.306 e. The van der Waals surface area contributed by atoms with Gasteiger partial charge < -0.3 is 9.47 Å². The summed E-state index contributed by atoms with van der Waals surface area (Å²) in [6, 6.07) is 9.08. The molecule has 0 saturated carbocycles. The summed E-state index contributed by atoms with van der Waals surface area (Å²) in [6.07, 6.45) is 0.0787. The Morgan fingerprint density at radius 3 is 2.21 bits per heavy atom. The smallest absolute Gasteiger partial charge is 0.306 e. The molecular formula is C20H18F4O4. The minimum Gasteiger partial charge on any atom is -0.480 e. The number of halogens is 4. The molecule has 0 spiro atoms. The van der Waals surface area contributed by atoms with Gasteiger partial charge >= 0.3 is 5.97 Å². The van der Waals surface area contributed by atoms with Crippen LogP contribution >= 0.6 is 0 Å². The molecule has 0 saturated heterocycles. The maximum absolute atomic E-state index is 13.5. The lowest BCUT2D eigenvalue weighted by Gasteiger charge is -2.13. The van der Waals surface area contributed by atoms with Crippen molar-refractivity contribution in [1.29, 1.82) is 0 Å². The molecule has 0 N–H and O–H groups in total. The summed E-state index contributed by atoms with van der Waals surface area (Å²) in [6.45, 7) is 0.806. The quantitative estimate of drug-likeness (QED) is 0.358. The minimum atomic E-state index is -1.72. The molecular weight excluding hydrogens is 380 g/mol. The average Bonchev–Trinajstić information content (AvgIpc) is 2.69. The highest BCUT2D eigenvalue weighted by molar-refractivity contribution is 5.82. The van der Waals surface area contributed by atoms with Crippen molar-refractivity contribution in [2.45, 2.75) is 26.4 Å². The van der Waals surface area contributed by atoms with E-state index in [-0.39, 0.29) is 25.5 Å². The molecule has 0 aliphatic carbocycles. The van der Waals surface area contributed by atoms with E-state index >= 15 is 0 Å².